The van der Waals surface area contributed by atoms with Crippen molar-refractivity contribution in [3.05, 3.63) is 50.6 Å². The van der Waals surface area contributed by atoms with E-state index in [1.54, 1.807) is 35.4 Å². The summed E-state index contributed by atoms with van der Waals surface area (Å²) in [5.74, 6) is -0.0617. The molecular formula is C13H13BrN2OS. The first kappa shape index (κ1) is 13.1. The van der Waals surface area contributed by atoms with E-state index in [2.05, 4.69) is 15.9 Å². The molecule has 1 amide bonds. The van der Waals surface area contributed by atoms with Gasteiger partial charge in [-0.3, -0.25) is 4.79 Å². The fourth-order valence-corrected chi connectivity index (χ4v) is 2.78. The van der Waals surface area contributed by atoms with Crippen molar-refractivity contribution in [1.29, 1.82) is 0 Å². The Morgan fingerprint density at radius 1 is 1.44 bits per heavy atom. The van der Waals surface area contributed by atoms with Gasteiger partial charge in [-0.25, -0.2) is 0 Å². The zero-order valence-corrected chi connectivity index (χ0v) is 12.3. The van der Waals surface area contributed by atoms with Crippen LogP contribution in [0.3, 0.4) is 0 Å². The summed E-state index contributed by atoms with van der Waals surface area (Å²) in [6, 6.07) is 9.30. The summed E-state index contributed by atoms with van der Waals surface area (Å²) in [7, 11) is 1.78. The topological polar surface area (TPSA) is 46.3 Å². The van der Waals surface area contributed by atoms with Crippen molar-refractivity contribution in [3.63, 3.8) is 0 Å². The van der Waals surface area contributed by atoms with Crippen molar-refractivity contribution in [1.82, 2.24) is 4.90 Å². The van der Waals surface area contributed by atoms with Gasteiger partial charge in [0, 0.05) is 22.1 Å². The SMILES string of the molecule is CN(Cc1cccs1)C(=O)c1ccc(Br)cc1N. The first-order valence-electron chi connectivity index (χ1n) is 5.41. The number of carbonyl (C=O) groups is 1. The van der Waals surface area contributed by atoms with Gasteiger partial charge in [0.15, 0.2) is 0 Å². The maximum atomic E-state index is 12.2. The van der Waals surface area contributed by atoms with Crippen LogP contribution < -0.4 is 5.73 Å². The maximum absolute atomic E-state index is 12.2. The number of rotatable bonds is 3. The van der Waals surface area contributed by atoms with Gasteiger partial charge in [0.2, 0.25) is 0 Å². The van der Waals surface area contributed by atoms with E-state index in [0.29, 0.717) is 17.8 Å². The van der Waals surface area contributed by atoms with Crippen molar-refractivity contribution in [2.24, 2.45) is 0 Å². The summed E-state index contributed by atoms with van der Waals surface area (Å²) in [6.07, 6.45) is 0. The molecule has 2 aromatic rings. The Bertz CT molecular complexity index is 554. The molecular weight excluding hydrogens is 312 g/mol. The maximum Gasteiger partial charge on any atom is 0.256 e. The molecule has 0 radical (unpaired) electrons. The second-order valence-electron chi connectivity index (χ2n) is 3.97. The summed E-state index contributed by atoms with van der Waals surface area (Å²) in [6.45, 7) is 0.603. The van der Waals surface area contributed by atoms with Gasteiger partial charge < -0.3 is 10.6 Å². The van der Waals surface area contributed by atoms with E-state index >= 15 is 0 Å². The zero-order valence-electron chi connectivity index (χ0n) is 9.89. The highest BCUT2D eigenvalue weighted by molar-refractivity contribution is 9.10. The molecule has 0 unspecified atom stereocenters. The summed E-state index contributed by atoms with van der Waals surface area (Å²) >= 11 is 4.97. The van der Waals surface area contributed by atoms with Crippen molar-refractivity contribution in [3.8, 4) is 0 Å². The Kier molecular flexibility index (Phi) is 4.04. The Balaban J connectivity index is 2.15. The molecule has 0 spiro atoms. The van der Waals surface area contributed by atoms with Crippen molar-refractivity contribution in [2.45, 2.75) is 6.54 Å². The van der Waals surface area contributed by atoms with Crippen LogP contribution in [0.1, 0.15) is 15.2 Å². The minimum absolute atomic E-state index is 0.0617. The molecule has 0 atom stereocenters. The molecule has 0 aliphatic heterocycles. The van der Waals surface area contributed by atoms with Crippen molar-refractivity contribution < 1.29 is 4.79 Å². The van der Waals surface area contributed by atoms with Gasteiger partial charge in [0.05, 0.1) is 12.1 Å². The van der Waals surface area contributed by atoms with Crippen LogP contribution in [-0.4, -0.2) is 17.9 Å². The fraction of sp³-hybridized carbons (Fsp3) is 0.154. The number of nitrogen functional groups attached to an aromatic ring is 1. The van der Waals surface area contributed by atoms with E-state index in [4.69, 9.17) is 5.73 Å². The molecule has 1 heterocycles. The number of amides is 1. The standard InChI is InChI=1S/C13H13BrN2OS/c1-16(8-10-3-2-6-18-10)13(17)11-5-4-9(14)7-12(11)15/h2-7H,8,15H2,1H3. The highest BCUT2D eigenvalue weighted by Gasteiger charge is 2.15. The number of halogens is 1. The van der Waals surface area contributed by atoms with Crippen molar-refractivity contribution >= 4 is 38.9 Å². The smallest absolute Gasteiger partial charge is 0.256 e. The van der Waals surface area contributed by atoms with Crippen LogP contribution in [0.2, 0.25) is 0 Å². The number of benzene rings is 1. The fourth-order valence-electron chi connectivity index (χ4n) is 1.64. The number of nitrogens with zero attached hydrogens (tertiary/aromatic N) is 1. The average molecular weight is 325 g/mol. The lowest BCUT2D eigenvalue weighted by Gasteiger charge is -2.17. The molecule has 3 nitrogen and oxygen atoms in total. The third-order valence-corrected chi connectivity index (χ3v) is 3.92. The molecule has 2 N–H and O–H groups in total. The summed E-state index contributed by atoms with van der Waals surface area (Å²) in [5.41, 5.74) is 6.89. The van der Waals surface area contributed by atoms with E-state index < -0.39 is 0 Å². The molecule has 5 heteroatoms. The first-order valence-corrected chi connectivity index (χ1v) is 7.08. The van der Waals surface area contributed by atoms with Gasteiger partial charge in [-0.15, -0.1) is 11.3 Å². The summed E-state index contributed by atoms with van der Waals surface area (Å²) in [5, 5.41) is 2.00. The van der Waals surface area contributed by atoms with Crippen LogP contribution in [0.4, 0.5) is 5.69 Å². The van der Waals surface area contributed by atoms with Crippen molar-refractivity contribution in [2.75, 3.05) is 12.8 Å². The molecule has 2 rings (SSSR count). The van der Waals surface area contributed by atoms with E-state index in [0.717, 1.165) is 9.35 Å². The van der Waals surface area contributed by atoms with Crippen LogP contribution >= 0.6 is 27.3 Å². The molecule has 0 saturated carbocycles. The molecule has 1 aromatic carbocycles. The second kappa shape index (κ2) is 5.54. The molecule has 0 fully saturated rings. The Labute approximate surface area is 118 Å². The van der Waals surface area contributed by atoms with Crippen LogP contribution in [0.15, 0.2) is 40.2 Å². The third kappa shape index (κ3) is 2.91. The lowest BCUT2D eigenvalue weighted by molar-refractivity contribution is 0.0787. The Morgan fingerprint density at radius 3 is 2.83 bits per heavy atom. The zero-order chi connectivity index (χ0) is 13.1. The number of anilines is 1. The van der Waals surface area contributed by atoms with Gasteiger partial charge in [0.1, 0.15) is 0 Å². The van der Waals surface area contributed by atoms with Crippen LogP contribution in [0, 0.1) is 0 Å². The Morgan fingerprint density at radius 2 is 2.22 bits per heavy atom. The minimum Gasteiger partial charge on any atom is -0.398 e. The van der Waals surface area contributed by atoms with E-state index in [1.165, 1.54) is 0 Å². The second-order valence-corrected chi connectivity index (χ2v) is 5.92. The highest BCUT2D eigenvalue weighted by Crippen LogP contribution is 2.21. The monoisotopic (exact) mass is 324 g/mol. The normalized spacial score (nSPS) is 10.3. The van der Waals surface area contributed by atoms with Gasteiger partial charge >= 0.3 is 0 Å². The third-order valence-electron chi connectivity index (χ3n) is 2.56. The number of nitrogens with two attached hydrogens (primary N) is 1. The minimum atomic E-state index is -0.0617. The summed E-state index contributed by atoms with van der Waals surface area (Å²) in [4.78, 5) is 15.1. The van der Waals surface area contributed by atoms with Gasteiger partial charge in [0.25, 0.3) is 5.91 Å². The van der Waals surface area contributed by atoms with Gasteiger partial charge in [-0.05, 0) is 29.6 Å². The van der Waals surface area contributed by atoms with E-state index in [1.807, 2.05) is 23.6 Å². The molecule has 0 saturated heterocycles. The van der Waals surface area contributed by atoms with E-state index in [9.17, 15) is 4.79 Å². The molecule has 18 heavy (non-hydrogen) atoms. The van der Waals surface area contributed by atoms with Crippen LogP contribution in [0.5, 0.6) is 0 Å². The Hall–Kier alpha value is -1.33. The number of carbonyl (C=O) groups excluding carboxylic acids is 1. The predicted octanol–water partition coefficient (Wildman–Crippen LogP) is 3.37. The molecule has 94 valence electrons. The lowest BCUT2D eigenvalue weighted by atomic mass is 10.1. The molecule has 1 aromatic heterocycles. The van der Waals surface area contributed by atoms with Crippen LogP contribution in [-0.2, 0) is 6.54 Å². The molecule has 0 aliphatic carbocycles. The largest absolute Gasteiger partial charge is 0.398 e. The first-order chi connectivity index (χ1) is 8.58. The number of hydrogen-bond donors (Lipinski definition) is 1. The molecule has 0 aliphatic rings. The average Bonchev–Trinajstić information content (AvgIpc) is 2.81. The van der Waals surface area contributed by atoms with Gasteiger partial charge in [-0.1, -0.05) is 22.0 Å². The lowest BCUT2D eigenvalue weighted by Crippen LogP contribution is -2.26. The highest BCUT2D eigenvalue weighted by atomic mass is 79.9. The quantitative estimate of drug-likeness (QED) is 0.880. The van der Waals surface area contributed by atoms with Crippen LogP contribution in [0.25, 0.3) is 0 Å². The summed E-state index contributed by atoms with van der Waals surface area (Å²) < 4.78 is 0.873. The molecule has 0 bridgehead atoms. The van der Waals surface area contributed by atoms with Gasteiger partial charge in [-0.2, -0.15) is 0 Å². The number of hydrogen-bond acceptors (Lipinski definition) is 3. The number of thiophene rings is 1. The predicted molar refractivity (Wildman–Crippen MR) is 78.7 cm³/mol. The van der Waals surface area contributed by atoms with E-state index in [-0.39, 0.29) is 5.91 Å².